The van der Waals surface area contributed by atoms with Crippen LogP contribution in [0.3, 0.4) is 0 Å². The van der Waals surface area contributed by atoms with E-state index in [2.05, 4.69) is 29.2 Å². The molecule has 194 valence electrons. The highest BCUT2D eigenvalue weighted by molar-refractivity contribution is 7.85. The SMILES string of the molecule is CC(C)CN(CC(O)C(Cc1ccccc1)N(Cc1ccccc1)Cc1ccccc1)CS(=O)(=O)O. The van der Waals surface area contributed by atoms with Crippen molar-refractivity contribution in [3.8, 4) is 0 Å². The lowest BCUT2D eigenvalue weighted by Crippen LogP contribution is -2.50. The molecule has 0 bridgehead atoms. The normalized spacial score (nSPS) is 13.9. The van der Waals surface area contributed by atoms with Crippen LogP contribution >= 0.6 is 0 Å². The summed E-state index contributed by atoms with van der Waals surface area (Å²) >= 11 is 0. The van der Waals surface area contributed by atoms with Crippen LogP contribution in [-0.4, -0.2) is 59.0 Å². The molecule has 2 unspecified atom stereocenters. The van der Waals surface area contributed by atoms with E-state index in [1.165, 1.54) is 0 Å². The molecule has 0 aromatic heterocycles. The lowest BCUT2D eigenvalue weighted by molar-refractivity contribution is 0.0168. The van der Waals surface area contributed by atoms with Crippen molar-refractivity contribution in [2.75, 3.05) is 19.0 Å². The molecule has 0 spiro atoms. The molecule has 0 amide bonds. The molecular formula is C29H38N2O4S. The van der Waals surface area contributed by atoms with Crippen molar-refractivity contribution in [1.82, 2.24) is 9.80 Å². The van der Waals surface area contributed by atoms with Crippen LogP contribution in [0, 0.1) is 5.92 Å². The maximum absolute atomic E-state index is 11.7. The summed E-state index contributed by atoms with van der Waals surface area (Å²) in [5.74, 6) is -0.325. The van der Waals surface area contributed by atoms with Crippen LogP contribution in [0.2, 0.25) is 0 Å². The minimum absolute atomic E-state index is 0.134. The van der Waals surface area contributed by atoms with Crippen molar-refractivity contribution >= 4 is 10.1 Å². The fourth-order valence-electron chi connectivity index (χ4n) is 4.60. The average Bonchev–Trinajstić information content (AvgIpc) is 2.82. The van der Waals surface area contributed by atoms with Crippen LogP contribution < -0.4 is 0 Å². The first-order valence-electron chi connectivity index (χ1n) is 12.4. The van der Waals surface area contributed by atoms with E-state index in [0.717, 1.165) is 16.7 Å². The maximum atomic E-state index is 11.7. The summed E-state index contributed by atoms with van der Waals surface area (Å²) in [6.07, 6.45) is -0.249. The van der Waals surface area contributed by atoms with Gasteiger partial charge in [-0.3, -0.25) is 14.4 Å². The molecule has 3 aromatic carbocycles. The number of hydrogen-bond donors (Lipinski definition) is 2. The Kier molecular flexibility index (Phi) is 10.6. The second kappa shape index (κ2) is 13.7. The first-order valence-corrected chi connectivity index (χ1v) is 14.0. The van der Waals surface area contributed by atoms with Crippen molar-refractivity contribution in [1.29, 1.82) is 0 Å². The molecule has 3 aromatic rings. The van der Waals surface area contributed by atoms with E-state index < -0.39 is 22.1 Å². The Balaban J connectivity index is 1.94. The smallest absolute Gasteiger partial charge is 0.278 e. The third-order valence-electron chi connectivity index (χ3n) is 6.07. The number of hydrogen-bond acceptors (Lipinski definition) is 5. The molecule has 2 N–H and O–H groups in total. The lowest BCUT2D eigenvalue weighted by atomic mass is 9.97. The van der Waals surface area contributed by atoms with E-state index in [4.69, 9.17) is 0 Å². The summed E-state index contributed by atoms with van der Waals surface area (Å²) in [5, 5.41) is 11.6. The van der Waals surface area contributed by atoms with Gasteiger partial charge in [-0.2, -0.15) is 8.42 Å². The summed E-state index contributed by atoms with van der Waals surface area (Å²) in [6, 6.07) is 30.1. The largest absolute Gasteiger partial charge is 0.390 e. The monoisotopic (exact) mass is 510 g/mol. The average molecular weight is 511 g/mol. The predicted molar refractivity (Wildman–Crippen MR) is 145 cm³/mol. The van der Waals surface area contributed by atoms with Crippen LogP contribution in [0.4, 0.5) is 0 Å². The van der Waals surface area contributed by atoms with Crippen molar-refractivity contribution in [3.63, 3.8) is 0 Å². The highest BCUT2D eigenvalue weighted by atomic mass is 32.2. The van der Waals surface area contributed by atoms with E-state index in [1.807, 2.05) is 80.6 Å². The van der Waals surface area contributed by atoms with Crippen LogP contribution in [0.1, 0.15) is 30.5 Å². The standard InChI is InChI=1S/C29H38N2O4S/c1-24(2)19-30(23-36(33,34)35)22-29(32)28(18-25-12-6-3-7-13-25)31(20-26-14-8-4-9-15-26)21-27-16-10-5-11-17-27/h3-17,24,28-29,32H,18-23H2,1-2H3,(H,33,34,35). The quantitative estimate of drug-likeness (QED) is 0.312. The third-order valence-corrected chi connectivity index (χ3v) is 6.76. The molecule has 0 fully saturated rings. The molecule has 0 saturated carbocycles. The number of nitrogens with zero attached hydrogens (tertiary/aromatic N) is 2. The van der Waals surface area contributed by atoms with E-state index in [1.54, 1.807) is 4.90 Å². The first-order chi connectivity index (χ1) is 17.2. The van der Waals surface area contributed by atoms with Crippen molar-refractivity contribution < 1.29 is 18.1 Å². The van der Waals surface area contributed by atoms with E-state index in [9.17, 15) is 18.1 Å². The maximum Gasteiger partial charge on any atom is 0.278 e. The molecule has 0 aliphatic rings. The predicted octanol–water partition coefficient (Wildman–Crippen LogP) is 4.46. The van der Waals surface area contributed by atoms with Gasteiger partial charge in [0.25, 0.3) is 10.1 Å². The molecule has 2 atom stereocenters. The Labute approximate surface area is 216 Å². The zero-order valence-corrected chi connectivity index (χ0v) is 22.0. The minimum atomic E-state index is -4.22. The number of aliphatic hydroxyl groups is 1. The molecule has 6 nitrogen and oxygen atoms in total. The second-order valence-electron chi connectivity index (χ2n) is 9.84. The molecule has 0 radical (unpaired) electrons. The van der Waals surface area contributed by atoms with Gasteiger partial charge in [0.2, 0.25) is 0 Å². The Morgan fingerprint density at radius 3 is 1.58 bits per heavy atom. The van der Waals surface area contributed by atoms with Crippen molar-refractivity contribution in [2.24, 2.45) is 5.92 Å². The lowest BCUT2D eigenvalue weighted by Gasteiger charge is -2.37. The summed E-state index contributed by atoms with van der Waals surface area (Å²) in [4.78, 5) is 3.90. The van der Waals surface area contributed by atoms with Gasteiger partial charge in [-0.15, -0.1) is 0 Å². The third kappa shape index (κ3) is 9.84. The molecule has 0 aliphatic heterocycles. The van der Waals surface area contributed by atoms with Gasteiger partial charge in [-0.1, -0.05) is 105 Å². The van der Waals surface area contributed by atoms with Crippen LogP contribution in [0.25, 0.3) is 0 Å². The van der Waals surface area contributed by atoms with Gasteiger partial charge in [0.05, 0.1) is 6.10 Å². The second-order valence-corrected chi connectivity index (χ2v) is 11.3. The fraction of sp³-hybridized carbons (Fsp3) is 0.379. The van der Waals surface area contributed by atoms with Gasteiger partial charge in [-0.25, -0.2) is 0 Å². The van der Waals surface area contributed by atoms with Gasteiger partial charge < -0.3 is 5.11 Å². The molecule has 3 rings (SSSR count). The van der Waals surface area contributed by atoms with E-state index >= 15 is 0 Å². The van der Waals surface area contributed by atoms with Gasteiger partial charge in [0.1, 0.15) is 5.88 Å². The number of rotatable bonds is 14. The zero-order valence-electron chi connectivity index (χ0n) is 21.1. The molecule has 0 saturated heterocycles. The Hall–Kier alpha value is -2.55. The van der Waals surface area contributed by atoms with Gasteiger partial charge >= 0.3 is 0 Å². The fourth-order valence-corrected chi connectivity index (χ4v) is 5.28. The summed E-state index contributed by atoms with van der Waals surface area (Å²) in [6.45, 7) is 5.82. The van der Waals surface area contributed by atoms with E-state index in [0.29, 0.717) is 26.1 Å². The topological polar surface area (TPSA) is 81.1 Å². The first kappa shape index (κ1) is 28.0. The number of benzene rings is 3. The highest BCUT2D eigenvalue weighted by Gasteiger charge is 2.30. The molecule has 7 heteroatoms. The van der Waals surface area contributed by atoms with Crippen LogP contribution in [-0.2, 0) is 29.6 Å². The summed E-state index contributed by atoms with van der Waals surface area (Å²) in [5.41, 5.74) is 3.36. The Bertz CT molecular complexity index is 1080. The van der Waals surface area contributed by atoms with Gasteiger partial charge in [0, 0.05) is 32.2 Å². The molecule has 36 heavy (non-hydrogen) atoms. The minimum Gasteiger partial charge on any atom is -0.390 e. The van der Waals surface area contributed by atoms with Gasteiger partial charge in [-0.05, 0) is 29.0 Å². The van der Waals surface area contributed by atoms with Crippen LogP contribution in [0.15, 0.2) is 91.0 Å². The van der Waals surface area contributed by atoms with Crippen molar-refractivity contribution in [3.05, 3.63) is 108 Å². The van der Waals surface area contributed by atoms with Gasteiger partial charge in [0.15, 0.2) is 0 Å². The Morgan fingerprint density at radius 1 is 0.722 bits per heavy atom. The molecule has 0 heterocycles. The zero-order chi connectivity index (χ0) is 26.0. The highest BCUT2D eigenvalue weighted by Crippen LogP contribution is 2.21. The molecular weight excluding hydrogens is 472 g/mol. The number of aliphatic hydroxyl groups excluding tert-OH is 1. The van der Waals surface area contributed by atoms with Crippen molar-refractivity contribution in [2.45, 2.75) is 45.5 Å². The Morgan fingerprint density at radius 2 is 1.17 bits per heavy atom. The summed E-state index contributed by atoms with van der Waals surface area (Å²) < 4.78 is 32.9. The van der Waals surface area contributed by atoms with Crippen LogP contribution in [0.5, 0.6) is 0 Å². The molecule has 0 aliphatic carbocycles. The summed E-state index contributed by atoms with van der Waals surface area (Å²) in [7, 11) is -4.22. The van der Waals surface area contributed by atoms with E-state index in [-0.39, 0.29) is 18.5 Å².